The predicted molar refractivity (Wildman–Crippen MR) is 86.5 cm³/mol. The molecule has 2 rings (SSSR count). The monoisotopic (exact) mass is 360 g/mol. The highest BCUT2D eigenvalue weighted by atomic mass is 19.4. The van der Waals surface area contributed by atoms with Crippen molar-refractivity contribution in [3.63, 3.8) is 0 Å². The van der Waals surface area contributed by atoms with E-state index in [1.165, 1.54) is 0 Å². The molecule has 0 bridgehead atoms. The summed E-state index contributed by atoms with van der Waals surface area (Å²) in [5.41, 5.74) is 2.04. The Kier molecular flexibility index (Phi) is 6.29. The Morgan fingerprint density at radius 2 is 2.00 bits per heavy atom. The fourth-order valence-corrected chi connectivity index (χ4v) is 2.83. The van der Waals surface area contributed by atoms with Gasteiger partial charge in [0, 0.05) is 26.7 Å². The molecule has 1 amide bonds. The molecule has 0 saturated carbocycles. The molecule has 5 nitrogen and oxygen atoms in total. The van der Waals surface area contributed by atoms with Crippen LogP contribution in [0.1, 0.15) is 16.7 Å². The van der Waals surface area contributed by atoms with Gasteiger partial charge < -0.3 is 19.7 Å². The summed E-state index contributed by atoms with van der Waals surface area (Å²) >= 11 is 0. The molecule has 0 aromatic heterocycles. The van der Waals surface area contributed by atoms with E-state index in [-0.39, 0.29) is 11.7 Å². The molecule has 1 atom stereocenters. The van der Waals surface area contributed by atoms with Crippen LogP contribution in [0.5, 0.6) is 5.75 Å². The van der Waals surface area contributed by atoms with Crippen molar-refractivity contribution in [2.24, 2.45) is 0 Å². The summed E-state index contributed by atoms with van der Waals surface area (Å²) in [6.45, 7) is 4.11. The number of halogens is 3. The zero-order chi connectivity index (χ0) is 18.6. The number of nitrogens with one attached hydrogen (secondary N) is 1. The van der Waals surface area contributed by atoms with E-state index in [2.05, 4.69) is 5.32 Å². The Bertz CT molecular complexity index is 591. The predicted octanol–water partition coefficient (Wildman–Crippen LogP) is 2.19. The fraction of sp³-hybridized carbons (Fsp3) is 0.588. The molecule has 8 heteroatoms. The molecule has 0 unspecified atom stereocenters. The van der Waals surface area contributed by atoms with Crippen molar-refractivity contribution in [1.29, 1.82) is 0 Å². The second-order valence-electron chi connectivity index (χ2n) is 6.22. The smallest absolute Gasteiger partial charge is 0.422 e. The lowest BCUT2D eigenvalue weighted by Crippen LogP contribution is -2.48. The average Bonchev–Trinajstić information content (AvgIpc) is 2.53. The van der Waals surface area contributed by atoms with Crippen LogP contribution < -0.4 is 10.1 Å². The first kappa shape index (κ1) is 19.5. The molecule has 1 N–H and O–H groups in total. The van der Waals surface area contributed by atoms with E-state index in [0.717, 1.165) is 12.1 Å². The van der Waals surface area contributed by atoms with Gasteiger partial charge in [0.2, 0.25) is 0 Å². The Morgan fingerprint density at radius 3 is 2.52 bits per heavy atom. The van der Waals surface area contributed by atoms with Crippen molar-refractivity contribution in [2.45, 2.75) is 32.7 Å². The first-order chi connectivity index (χ1) is 11.7. The average molecular weight is 360 g/mol. The Labute approximate surface area is 145 Å². The lowest BCUT2D eigenvalue weighted by Gasteiger charge is -2.27. The van der Waals surface area contributed by atoms with Crippen LogP contribution in [0.15, 0.2) is 12.1 Å². The van der Waals surface area contributed by atoms with E-state index in [1.54, 1.807) is 37.9 Å². The second kappa shape index (κ2) is 8.05. The Balaban J connectivity index is 2.03. The number of carbonyl (C=O) groups excluding carboxylic acids is 1. The second-order valence-corrected chi connectivity index (χ2v) is 6.22. The van der Waals surface area contributed by atoms with Crippen LogP contribution in [0, 0.1) is 13.8 Å². The number of morpholine rings is 1. The van der Waals surface area contributed by atoms with Gasteiger partial charge in [-0.05, 0) is 30.5 Å². The minimum absolute atomic E-state index is 0.125. The largest absolute Gasteiger partial charge is 0.484 e. The first-order valence-corrected chi connectivity index (χ1v) is 8.04. The highest BCUT2D eigenvalue weighted by molar-refractivity contribution is 5.81. The summed E-state index contributed by atoms with van der Waals surface area (Å²) in [7, 11) is 1.68. The number of benzene rings is 1. The molecule has 1 aliphatic heterocycles. The molecule has 0 aliphatic carbocycles. The van der Waals surface area contributed by atoms with E-state index < -0.39 is 18.9 Å². The summed E-state index contributed by atoms with van der Waals surface area (Å²) in [5.74, 6) is 0.106. The van der Waals surface area contributed by atoms with Crippen LogP contribution in [0.2, 0.25) is 0 Å². The Hall–Kier alpha value is -1.80. The van der Waals surface area contributed by atoms with Crippen LogP contribution in [-0.4, -0.2) is 56.4 Å². The molecule has 0 radical (unpaired) electrons. The molecule has 1 aromatic rings. The summed E-state index contributed by atoms with van der Waals surface area (Å²) in [5, 5.41) is 3.11. The third-order valence-corrected chi connectivity index (χ3v) is 3.90. The SMILES string of the molecule is Cc1cc(CN(C)C(=O)[C@@H]2CNCCO2)cc(C)c1OCC(F)(F)F. The number of likely N-dealkylation sites (N-methyl/N-ethyl adjacent to an activating group) is 1. The number of carbonyl (C=O) groups is 1. The molecule has 1 fully saturated rings. The van der Waals surface area contributed by atoms with Gasteiger partial charge in [0.05, 0.1) is 6.61 Å². The zero-order valence-corrected chi connectivity index (χ0v) is 14.6. The number of alkyl halides is 3. The Morgan fingerprint density at radius 1 is 1.36 bits per heavy atom. The lowest BCUT2D eigenvalue weighted by atomic mass is 10.0. The third kappa shape index (κ3) is 5.61. The standard InChI is InChI=1S/C17H23F3N2O3/c1-11-6-13(7-12(2)15(11)25-10-17(18,19)20)9-22(3)16(23)14-8-21-4-5-24-14/h6-7,14,21H,4-5,8-10H2,1-3H3/t14-/m0/s1. The third-order valence-electron chi connectivity index (χ3n) is 3.90. The molecular weight excluding hydrogens is 337 g/mol. The molecular formula is C17H23F3N2O3. The molecule has 1 aliphatic rings. The first-order valence-electron chi connectivity index (χ1n) is 8.04. The van der Waals surface area contributed by atoms with Crippen molar-refractivity contribution in [2.75, 3.05) is 33.4 Å². The van der Waals surface area contributed by atoms with Gasteiger partial charge in [-0.15, -0.1) is 0 Å². The van der Waals surface area contributed by atoms with Crippen LogP contribution in [-0.2, 0) is 16.1 Å². The minimum atomic E-state index is -4.38. The number of amides is 1. The fourth-order valence-electron chi connectivity index (χ4n) is 2.83. The van der Waals surface area contributed by atoms with Crippen molar-refractivity contribution in [3.8, 4) is 5.75 Å². The zero-order valence-electron chi connectivity index (χ0n) is 14.6. The maximum Gasteiger partial charge on any atom is 0.422 e. The topological polar surface area (TPSA) is 50.8 Å². The van der Waals surface area contributed by atoms with E-state index in [0.29, 0.717) is 30.8 Å². The van der Waals surface area contributed by atoms with Crippen molar-refractivity contribution < 1.29 is 27.4 Å². The molecule has 1 saturated heterocycles. The van der Waals surface area contributed by atoms with Crippen LogP contribution in [0.3, 0.4) is 0 Å². The van der Waals surface area contributed by atoms with Gasteiger partial charge in [0.25, 0.3) is 5.91 Å². The maximum absolute atomic E-state index is 12.4. The van der Waals surface area contributed by atoms with Gasteiger partial charge in [0.1, 0.15) is 11.9 Å². The normalized spacial score (nSPS) is 18.1. The van der Waals surface area contributed by atoms with Gasteiger partial charge in [-0.25, -0.2) is 0 Å². The number of nitrogens with zero attached hydrogens (tertiary/aromatic N) is 1. The van der Waals surface area contributed by atoms with Crippen molar-refractivity contribution in [1.82, 2.24) is 10.2 Å². The molecule has 1 aromatic carbocycles. The number of hydrogen-bond donors (Lipinski definition) is 1. The van der Waals surface area contributed by atoms with E-state index in [9.17, 15) is 18.0 Å². The molecule has 0 spiro atoms. The number of hydrogen-bond acceptors (Lipinski definition) is 4. The van der Waals surface area contributed by atoms with Crippen LogP contribution in [0.4, 0.5) is 13.2 Å². The van der Waals surface area contributed by atoms with Crippen LogP contribution >= 0.6 is 0 Å². The highest BCUT2D eigenvalue weighted by Crippen LogP contribution is 2.27. The minimum Gasteiger partial charge on any atom is -0.484 e. The van der Waals surface area contributed by atoms with Gasteiger partial charge in [-0.3, -0.25) is 4.79 Å². The van der Waals surface area contributed by atoms with E-state index in [1.807, 2.05) is 0 Å². The van der Waals surface area contributed by atoms with Gasteiger partial charge in [-0.1, -0.05) is 12.1 Å². The number of rotatable bonds is 5. The highest BCUT2D eigenvalue weighted by Gasteiger charge is 2.29. The van der Waals surface area contributed by atoms with E-state index >= 15 is 0 Å². The van der Waals surface area contributed by atoms with Gasteiger partial charge in [0.15, 0.2) is 6.61 Å². The molecule has 25 heavy (non-hydrogen) atoms. The maximum atomic E-state index is 12.4. The number of aryl methyl sites for hydroxylation is 2. The molecule has 140 valence electrons. The summed E-state index contributed by atoms with van der Waals surface area (Å²) < 4.78 is 47.4. The van der Waals surface area contributed by atoms with Gasteiger partial charge >= 0.3 is 6.18 Å². The van der Waals surface area contributed by atoms with Crippen LogP contribution in [0.25, 0.3) is 0 Å². The van der Waals surface area contributed by atoms with Gasteiger partial charge in [-0.2, -0.15) is 13.2 Å². The quantitative estimate of drug-likeness (QED) is 0.875. The van der Waals surface area contributed by atoms with E-state index in [4.69, 9.17) is 9.47 Å². The summed E-state index contributed by atoms with van der Waals surface area (Å²) in [6.07, 6.45) is -4.88. The van der Waals surface area contributed by atoms with Crippen molar-refractivity contribution in [3.05, 3.63) is 28.8 Å². The summed E-state index contributed by atoms with van der Waals surface area (Å²) in [6, 6.07) is 3.48. The lowest BCUT2D eigenvalue weighted by molar-refractivity contribution is -0.153. The molecule has 1 heterocycles. The summed E-state index contributed by atoms with van der Waals surface area (Å²) in [4.78, 5) is 13.9. The van der Waals surface area contributed by atoms with Crippen molar-refractivity contribution >= 4 is 5.91 Å². The number of ether oxygens (including phenoxy) is 2.